The van der Waals surface area contributed by atoms with Crippen molar-refractivity contribution in [2.45, 2.75) is 19.4 Å². The fraction of sp³-hybridized carbons (Fsp3) is 0.333. The van der Waals surface area contributed by atoms with Gasteiger partial charge < -0.3 is 4.57 Å². The highest BCUT2D eigenvalue weighted by molar-refractivity contribution is 7.98. The Labute approximate surface area is 125 Å². The van der Waals surface area contributed by atoms with Gasteiger partial charge in [0.15, 0.2) is 0 Å². The minimum atomic E-state index is -2.63. The number of alkyl halides is 2. The molecule has 0 saturated carbocycles. The van der Waals surface area contributed by atoms with Crippen LogP contribution >= 0.6 is 11.8 Å². The highest BCUT2D eigenvalue weighted by atomic mass is 32.2. The van der Waals surface area contributed by atoms with E-state index in [4.69, 9.17) is 5.26 Å². The topological polar surface area (TPSA) is 52.5 Å². The molecule has 0 radical (unpaired) electrons. The van der Waals surface area contributed by atoms with Gasteiger partial charge in [-0.05, 0) is 31.4 Å². The minimum Gasteiger partial charge on any atom is -0.336 e. The molecule has 0 aliphatic heterocycles. The molecule has 2 aromatic rings. The zero-order valence-electron chi connectivity index (χ0n) is 11.6. The lowest BCUT2D eigenvalue weighted by Crippen LogP contribution is -2.11. The largest absolute Gasteiger partial charge is 0.336 e. The number of halogens is 2. The third kappa shape index (κ3) is 2.59. The first-order valence-electron chi connectivity index (χ1n) is 6.30. The molecule has 1 aromatic carbocycles. The van der Waals surface area contributed by atoms with Crippen LogP contribution in [0, 0.1) is 22.7 Å². The molecule has 1 atom stereocenters. The lowest BCUT2D eigenvalue weighted by molar-refractivity contribution is 0.140. The number of thioether (sulfide) groups is 1. The molecule has 108 valence electrons. The summed E-state index contributed by atoms with van der Waals surface area (Å²) in [4.78, 5) is 0. The van der Waals surface area contributed by atoms with Gasteiger partial charge in [-0.15, -0.1) is 0 Å². The summed E-state index contributed by atoms with van der Waals surface area (Å²) in [6.07, 6.45) is -0.711. The second-order valence-corrected chi connectivity index (χ2v) is 5.60. The molecule has 21 heavy (non-hydrogen) atoms. The van der Waals surface area contributed by atoms with Gasteiger partial charge >= 0.3 is 0 Å². The zero-order valence-corrected chi connectivity index (χ0v) is 12.4. The average molecular weight is 305 g/mol. The van der Waals surface area contributed by atoms with E-state index in [-0.39, 0.29) is 22.9 Å². The lowest BCUT2D eigenvalue weighted by Gasteiger charge is -2.17. The molecule has 0 N–H and O–H groups in total. The normalized spacial score (nSPS) is 12.3. The van der Waals surface area contributed by atoms with Gasteiger partial charge in [-0.2, -0.15) is 22.3 Å². The van der Waals surface area contributed by atoms with Crippen molar-refractivity contribution in [1.82, 2.24) is 4.57 Å². The van der Waals surface area contributed by atoms with E-state index in [9.17, 15) is 14.0 Å². The average Bonchev–Trinajstić information content (AvgIpc) is 2.85. The van der Waals surface area contributed by atoms with Gasteiger partial charge in [0.25, 0.3) is 6.43 Å². The zero-order chi connectivity index (χ0) is 15.6. The summed E-state index contributed by atoms with van der Waals surface area (Å²) >= 11 is 1.57. The van der Waals surface area contributed by atoms with Gasteiger partial charge in [0.2, 0.25) is 0 Å². The maximum absolute atomic E-state index is 13.3. The van der Waals surface area contributed by atoms with E-state index in [0.717, 1.165) is 0 Å². The van der Waals surface area contributed by atoms with Crippen molar-refractivity contribution in [2.24, 2.45) is 0 Å². The summed E-state index contributed by atoms with van der Waals surface area (Å²) in [5, 5.41) is 18.7. The number of benzene rings is 1. The summed E-state index contributed by atoms with van der Waals surface area (Å²) in [5.74, 6) is 0.686. The smallest absolute Gasteiger partial charge is 0.278 e. The summed E-state index contributed by atoms with van der Waals surface area (Å²) in [6.45, 7) is 1.87. The molecule has 0 saturated heterocycles. The predicted molar refractivity (Wildman–Crippen MR) is 79.4 cm³/mol. The van der Waals surface area contributed by atoms with Crippen molar-refractivity contribution in [2.75, 3.05) is 12.0 Å². The SMILES string of the molecule is CSCC(C)n1c(C(F)F)cc2c(C#N)c(C#N)ccc21. The van der Waals surface area contributed by atoms with E-state index in [1.165, 1.54) is 12.1 Å². The maximum Gasteiger partial charge on any atom is 0.278 e. The van der Waals surface area contributed by atoms with E-state index < -0.39 is 6.43 Å². The predicted octanol–water partition coefficient (Wildman–Crippen LogP) is 4.25. The highest BCUT2D eigenvalue weighted by Gasteiger charge is 2.22. The fourth-order valence-corrected chi connectivity index (χ4v) is 3.14. The van der Waals surface area contributed by atoms with Gasteiger partial charge in [0.1, 0.15) is 12.1 Å². The molecule has 0 aliphatic carbocycles. The van der Waals surface area contributed by atoms with Crippen molar-refractivity contribution in [3.05, 3.63) is 35.0 Å². The van der Waals surface area contributed by atoms with Gasteiger partial charge in [0.05, 0.1) is 22.3 Å². The van der Waals surface area contributed by atoms with Crippen molar-refractivity contribution >= 4 is 22.7 Å². The number of hydrogen-bond donors (Lipinski definition) is 0. The van der Waals surface area contributed by atoms with Gasteiger partial charge in [0, 0.05) is 17.2 Å². The molecular formula is C15H13F2N3S. The molecule has 6 heteroatoms. The van der Waals surface area contributed by atoms with Crippen LogP contribution in [0.1, 0.15) is 36.2 Å². The van der Waals surface area contributed by atoms with Crippen LogP contribution in [0.2, 0.25) is 0 Å². The quantitative estimate of drug-likeness (QED) is 0.848. The van der Waals surface area contributed by atoms with E-state index in [1.807, 2.05) is 25.3 Å². The second kappa shape index (κ2) is 6.15. The maximum atomic E-state index is 13.3. The lowest BCUT2D eigenvalue weighted by atomic mass is 10.0. The van der Waals surface area contributed by atoms with Crippen LogP contribution < -0.4 is 0 Å². The monoisotopic (exact) mass is 305 g/mol. The molecule has 0 spiro atoms. The molecule has 0 aliphatic rings. The Hall–Kier alpha value is -2.05. The Kier molecular flexibility index (Phi) is 4.50. The minimum absolute atomic E-state index is 0.113. The third-order valence-electron chi connectivity index (χ3n) is 3.36. The highest BCUT2D eigenvalue weighted by Crippen LogP contribution is 2.34. The Balaban J connectivity index is 2.81. The number of fused-ring (bicyclic) bond motifs is 1. The van der Waals surface area contributed by atoms with Crippen molar-refractivity contribution in [3.8, 4) is 12.1 Å². The molecule has 1 aromatic heterocycles. The van der Waals surface area contributed by atoms with Crippen molar-refractivity contribution in [1.29, 1.82) is 10.5 Å². The third-order valence-corrected chi connectivity index (χ3v) is 4.17. The Morgan fingerprint density at radius 2 is 2.00 bits per heavy atom. The van der Waals surface area contributed by atoms with E-state index in [1.54, 1.807) is 22.4 Å². The molecule has 3 nitrogen and oxygen atoms in total. The first-order chi connectivity index (χ1) is 10.0. The summed E-state index contributed by atoms with van der Waals surface area (Å²) in [7, 11) is 0. The number of nitriles is 2. The Morgan fingerprint density at radius 3 is 2.52 bits per heavy atom. The van der Waals surface area contributed by atoms with Crippen LogP contribution in [0.25, 0.3) is 10.9 Å². The molecule has 0 bridgehead atoms. The van der Waals surface area contributed by atoms with E-state index in [2.05, 4.69) is 0 Å². The van der Waals surface area contributed by atoms with Crippen LogP contribution in [-0.4, -0.2) is 16.6 Å². The van der Waals surface area contributed by atoms with Crippen LogP contribution in [-0.2, 0) is 0 Å². The molecule has 1 unspecified atom stereocenters. The molecule has 0 amide bonds. The number of hydrogen-bond acceptors (Lipinski definition) is 3. The van der Waals surface area contributed by atoms with Gasteiger partial charge in [-0.25, -0.2) is 8.78 Å². The van der Waals surface area contributed by atoms with Crippen LogP contribution in [0.15, 0.2) is 18.2 Å². The summed E-state index contributed by atoms with van der Waals surface area (Å²) in [6, 6.07) is 8.24. The molecule has 1 heterocycles. The number of rotatable bonds is 4. The Morgan fingerprint density at radius 1 is 1.29 bits per heavy atom. The van der Waals surface area contributed by atoms with Crippen LogP contribution in [0.3, 0.4) is 0 Å². The van der Waals surface area contributed by atoms with Gasteiger partial charge in [-0.3, -0.25) is 0 Å². The fourth-order valence-electron chi connectivity index (χ4n) is 2.51. The van der Waals surface area contributed by atoms with Crippen molar-refractivity contribution < 1.29 is 8.78 Å². The molecule has 0 fully saturated rings. The summed E-state index contributed by atoms with van der Waals surface area (Å²) < 4.78 is 28.2. The summed E-state index contributed by atoms with van der Waals surface area (Å²) in [5.41, 5.74) is 0.827. The Bertz CT molecular complexity index is 753. The first kappa shape index (κ1) is 15.3. The van der Waals surface area contributed by atoms with Crippen LogP contribution in [0.5, 0.6) is 0 Å². The second-order valence-electron chi connectivity index (χ2n) is 4.69. The number of aromatic nitrogens is 1. The standard InChI is InChI=1S/C15H13F2N3S/c1-9(8-21-2)20-13-4-3-10(6-18)12(7-19)11(13)5-14(20)15(16)17/h3-5,9,15H,8H2,1-2H3. The van der Waals surface area contributed by atoms with Gasteiger partial charge in [-0.1, -0.05) is 0 Å². The van der Waals surface area contributed by atoms with E-state index >= 15 is 0 Å². The molecule has 2 rings (SSSR count). The van der Waals surface area contributed by atoms with E-state index in [0.29, 0.717) is 16.7 Å². The first-order valence-corrected chi connectivity index (χ1v) is 7.69. The molecular weight excluding hydrogens is 292 g/mol. The number of nitrogens with zero attached hydrogens (tertiary/aromatic N) is 3. The van der Waals surface area contributed by atoms with Crippen LogP contribution in [0.4, 0.5) is 8.78 Å². The van der Waals surface area contributed by atoms with Crippen molar-refractivity contribution in [3.63, 3.8) is 0 Å².